The van der Waals surface area contributed by atoms with Gasteiger partial charge in [0.25, 0.3) is 0 Å². The summed E-state index contributed by atoms with van der Waals surface area (Å²) < 4.78 is 5.29. The van der Waals surface area contributed by atoms with Gasteiger partial charge in [-0.1, -0.05) is 18.2 Å². The number of methoxy groups -OCH3 is 1. The highest BCUT2D eigenvalue weighted by atomic mass is 16.5. The van der Waals surface area contributed by atoms with Crippen molar-refractivity contribution in [2.24, 2.45) is 22.4 Å². The first-order chi connectivity index (χ1) is 13.4. The van der Waals surface area contributed by atoms with Gasteiger partial charge in [-0.3, -0.25) is 9.59 Å². The molecule has 0 saturated carbocycles. The van der Waals surface area contributed by atoms with E-state index in [4.69, 9.17) is 10.3 Å². The fourth-order valence-corrected chi connectivity index (χ4v) is 5.41. The van der Waals surface area contributed by atoms with Crippen LogP contribution in [0.1, 0.15) is 29.4 Å². The molecule has 2 heterocycles. The number of carbonyl (C=O) groups is 2. The number of aromatic amines is 1. The van der Waals surface area contributed by atoms with Gasteiger partial charge in [0.1, 0.15) is 0 Å². The summed E-state index contributed by atoms with van der Waals surface area (Å²) in [7, 11) is 3.40. The molecule has 7 heteroatoms. The van der Waals surface area contributed by atoms with Crippen LogP contribution in [0.4, 0.5) is 0 Å². The van der Waals surface area contributed by atoms with E-state index in [9.17, 15) is 9.59 Å². The van der Waals surface area contributed by atoms with E-state index < -0.39 is 5.41 Å². The van der Waals surface area contributed by atoms with Crippen LogP contribution >= 0.6 is 0 Å². The lowest BCUT2D eigenvalue weighted by molar-refractivity contribution is -0.164. The first kappa shape index (κ1) is 18.8. The summed E-state index contributed by atoms with van der Waals surface area (Å²) in [4.78, 5) is 31.8. The quantitative estimate of drug-likeness (QED) is 0.629. The fourth-order valence-electron chi connectivity index (χ4n) is 5.41. The minimum Gasteiger partial charge on any atom is -0.469 e. The second-order valence-electron chi connectivity index (χ2n) is 8.31. The number of hydrogen-bond donors (Lipinski definition) is 2. The minimum atomic E-state index is -0.836. The molecule has 1 saturated heterocycles. The number of ether oxygens (including phenoxy) is 1. The number of H-pyrrole nitrogens is 1. The lowest BCUT2D eigenvalue weighted by atomic mass is 9.61. The third-order valence-corrected chi connectivity index (χ3v) is 6.71. The summed E-state index contributed by atoms with van der Waals surface area (Å²) in [5.41, 5.74) is 9.13. The maximum atomic E-state index is 13.2. The van der Waals surface area contributed by atoms with E-state index in [2.05, 4.69) is 15.0 Å². The van der Waals surface area contributed by atoms with Crippen molar-refractivity contribution in [3.8, 4) is 0 Å². The number of para-hydroxylation sites is 1. The number of benzene rings is 1. The van der Waals surface area contributed by atoms with Gasteiger partial charge in [-0.2, -0.15) is 5.11 Å². The van der Waals surface area contributed by atoms with Gasteiger partial charge in [-0.25, -0.2) is 5.53 Å². The molecule has 0 amide bonds. The molecule has 0 radical (unpaired) electrons. The van der Waals surface area contributed by atoms with Crippen LogP contribution in [-0.4, -0.2) is 54.9 Å². The molecule has 1 aromatic heterocycles. The van der Waals surface area contributed by atoms with Crippen LogP contribution < -0.4 is 0 Å². The van der Waals surface area contributed by atoms with Crippen LogP contribution in [0.2, 0.25) is 0 Å². The van der Waals surface area contributed by atoms with Gasteiger partial charge in [0.2, 0.25) is 0 Å². The number of fused-ring (bicyclic) bond motifs is 4. The highest BCUT2D eigenvalue weighted by molar-refractivity contribution is 6.03. The molecular weight excluding hydrogens is 356 g/mol. The van der Waals surface area contributed by atoms with Crippen molar-refractivity contribution in [2.75, 3.05) is 27.2 Å². The van der Waals surface area contributed by atoms with Crippen LogP contribution in [0.3, 0.4) is 0 Å². The van der Waals surface area contributed by atoms with Crippen LogP contribution in [-0.2, 0) is 16.0 Å². The number of rotatable bonds is 3. The van der Waals surface area contributed by atoms with Gasteiger partial charge < -0.3 is 14.6 Å². The molecular formula is C21H26N4O3. The van der Waals surface area contributed by atoms with E-state index in [1.54, 1.807) is 0 Å². The molecule has 4 rings (SSSR count). The Morgan fingerprint density at radius 3 is 2.89 bits per heavy atom. The Morgan fingerprint density at radius 1 is 1.43 bits per heavy atom. The molecule has 2 N–H and O–H groups in total. The number of aromatic nitrogens is 1. The molecule has 28 heavy (non-hydrogen) atoms. The normalized spacial score (nSPS) is 28.9. The molecule has 0 spiro atoms. The van der Waals surface area contributed by atoms with Gasteiger partial charge in [0, 0.05) is 30.4 Å². The molecule has 148 valence electrons. The monoisotopic (exact) mass is 382 g/mol. The van der Waals surface area contributed by atoms with E-state index in [0.717, 1.165) is 16.5 Å². The third-order valence-electron chi connectivity index (χ3n) is 6.71. The van der Waals surface area contributed by atoms with Crippen LogP contribution in [0.25, 0.3) is 10.9 Å². The van der Waals surface area contributed by atoms with E-state index in [0.29, 0.717) is 25.2 Å². The maximum absolute atomic E-state index is 13.2. The Balaban J connectivity index is 1.92. The van der Waals surface area contributed by atoms with E-state index in [1.165, 1.54) is 7.11 Å². The Bertz CT molecular complexity index is 952. The van der Waals surface area contributed by atoms with Crippen molar-refractivity contribution >= 4 is 22.7 Å². The predicted octanol–water partition coefficient (Wildman–Crippen LogP) is 3.05. The summed E-state index contributed by atoms with van der Waals surface area (Å²) in [5.74, 6) is -0.534. The molecule has 0 bridgehead atoms. The SMILES string of the molecule is COC(=O)C12Cc3c([nH]c4ccccc34)C(=O)CC1C(C(C)N=N)CN(C)C2. The first-order valence-electron chi connectivity index (χ1n) is 9.67. The van der Waals surface area contributed by atoms with E-state index in [-0.39, 0.29) is 36.1 Å². The number of Topliss-reactive ketones (excluding diaryl/α,β-unsaturated/α-hetero) is 1. The van der Waals surface area contributed by atoms with Crippen molar-refractivity contribution < 1.29 is 14.3 Å². The summed E-state index contributed by atoms with van der Waals surface area (Å²) in [6.07, 6.45) is 0.703. The number of ketones is 1. The molecule has 7 nitrogen and oxygen atoms in total. The first-order valence-corrected chi connectivity index (χ1v) is 9.67. The highest BCUT2D eigenvalue weighted by Gasteiger charge is 2.57. The summed E-state index contributed by atoms with van der Waals surface area (Å²) in [6, 6.07) is 7.57. The number of carbonyl (C=O) groups excluding carboxylic acids is 2. The molecule has 1 fully saturated rings. The highest BCUT2D eigenvalue weighted by Crippen LogP contribution is 2.49. The molecule has 1 aliphatic heterocycles. The van der Waals surface area contributed by atoms with Crippen molar-refractivity contribution in [1.82, 2.24) is 9.88 Å². The lowest BCUT2D eigenvalue weighted by Crippen LogP contribution is -2.59. The average Bonchev–Trinajstić information content (AvgIpc) is 3.00. The molecule has 1 aliphatic carbocycles. The van der Waals surface area contributed by atoms with Crippen molar-refractivity contribution in [2.45, 2.75) is 25.8 Å². The molecule has 2 aromatic rings. The fraction of sp³-hybridized carbons (Fsp3) is 0.524. The zero-order valence-electron chi connectivity index (χ0n) is 16.5. The Labute approximate surface area is 163 Å². The minimum absolute atomic E-state index is 0.0220. The molecule has 1 aromatic carbocycles. The third kappa shape index (κ3) is 2.68. The van der Waals surface area contributed by atoms with E-state index in [1.807, 2.05) is 38.2 Å². The molecule has 4 atom stereocenters. The number of nitrogens with one attached hydrogen (secondary N) is 2. The van der Waals surface area contributed by atoms with Crippen molar-refractivity contribution in [3.05, 3.63) is 35.5 Å². The number of hydrogen-bond acceptors (Lipinski definition) is 6. The van der Waals surface area contributed by atoms with Crippen molar-refractivity contribution in [3.63, 3.8) is 0 Å². The summed E-state index contributed by atoms with van der Waals surface area (Å²) in [6.45, 7) is 3.12. The van der Waals surface area contributed by atoms with Crippen molar-refractivity contribution in [1.29, 1.82) is 5.53 Å². The summed E-state index contributed by atoms with van der Waals surface area (Å²) >= 11 is 0. The standard InChI is InChI=1S/C21H26N4O3/c1-12(24-22)15-10-25(2)11-21(20(27)28-3)9-14-13-6-4-5-7-17(13)23-19(14)18(26)8-16(15)21/h4-7,12,15-16,22-23H,8-11H2,1-3H3. The van der Waals surface area contributed by atoms with Crippen LogP contribution in [0.15, 0.2) is 29.4 Å². The number of esters is 1. The zero-order valence-corrected chi connectivity index (χ0v) is 16.5. The number of likely N-dealkylation sites (tertiary alicyclic amines) is 1. The second-order valence-corrected chi connectivity index (χ2v) is 8.31. The van der Waals surface area contributed by atoms with Gasteiger partial charge in [-0.05, 0) is 43.9 Å². The van der Waals surface area contributed by atoms with Gasteiger partial charge in [0.15, 0.2) is 5.78 Å². The Morgan fingerprint density at radius 2 is 2.18 bits per heavy atom. The molecule has 2 aliphatic rings. The van der Waals surface area contributed by atoms with Gasteiger partial charge in [-0.15, -0.1) is 0 Å². The van der Waals surface area contributed by atoms with E-state index >= 15 is 0 Å². The number of nitrogens with zero attached hydrogens (tertiary/aromatic N) is 2. The lowest BCUT2D eigenvalue weighted by Gasteiger charge is -2.49. The summed E-state index contributed by atoms with van der Waals surface area (Å²) in [5, 5.41) is 4.73. The Kier molecular flexibility index (Phi) is 4.57. The molecule has 4 unspecified atom stereocenters. The largest absolute Gasteiger partial charge is 0.469 e. The predicted molar refractivity (Wildman–Crippen MR) is 104 cm³/mol. The van der Waals surface area contributed by atoms with Crippen LogP contribution in [0.5, 0.6) is 0 Å². The second kappa shape index (κ2) is 6.81. The van der Waals surface area contributed by atoms with Crippen LogP contribution in [0, 0.1) is 22.8 Å². The maximum Gasteiger partial charge on any atom is 0.313 e. The smallest absolute Gasteiger partial charge is 0.313 e. The Hall–Kier alpha value is -2.54. The number of piperidine rings is 1. The average molecular weight is 382 g/mol. The topological polar surface area (TPSA) is 98.6 Å². The zero-order chi connectivity index (χ0) is 20.1. The van der Waals surface area contributed by atoms with Gasteiger partial charge in [0.05, 0.1) is 24.3 Å². The van der Waals surface area contributed by atoms with Gasteiger partial charge >= 0.3 is 5.97 Å².